The molecular weight excluding hydrogens is 372 g/mol. The van der Waals surface area contributed by atoms with Crippen molar-refractivity contribution in [2.45, 2.75) is 6.42 Å². The van der Waals surface area contributed by atoms with Crippen molar-refractivity contribution in [3.8, 4) is 11.5 Å². The second kappa shape index (κ2) is 8.01. The summed E-state index contributed by atoms with van der Waals surface area (Å²) in [5.41, 5.74) is 6.25. The lowest BCUT2D eigenvalue weighted by molar-refractivity contribution is -0.121. The fourth-order valence-electron chi connectivity index (χ4n) is 2.60. The van der Waals surface area contributed by atoms with Crippen LogP contribution in [0.25, 0.3) is 11.0 Å². The third-order valence-electron chi connectivity index (χ3n) is 3.94. The molecule has 0 bridgehead atoms. The molecule has 3 rings (SSSR count). The summed E-state index contributed by atoms with van der Waals surface area (Å²) < 4.78 is 15.7. The van der Waals surface area contributed by atoms with Crippen LogP contribution in [-0.4, -0.2) is 26.0 Å². The van der Waals surface area contributed by atoms with Gasteiger partial charge >= 0.3 is 0 Å². The number of amides is 2. The molecule has 0 unspecified atom stereocenters. The van der Waals surface area contributed by atoms with E-state index in [1.165, 1.54) is 19.4 Å². The Hall–Kier alpha value is -3.19. The van der Waals surface area contributed by atoms with Crippen LogP contribution in [0, 0.1) is 0 Å². The predicted octanol–water partition coefficient (Wildman–Crippen LogP) is 3.11. The van der Waals surface area contributed by atoms with Gasteiger partial charge in [0.25, 0.3) is 5.91 Å². The SMILES string of the molecule is COc1ccc2c(CC(=O)NNC(=O)c3cc(Cl)ccc3OC)coc2c1. The highest BCUT2D eigenvalue weighted by atomic mass is 35.5. The average Bonchev–Trinajstić information content (AvgIpc) is 3.07. The van der Waals surface area contributed by atoms with Gasteiger partial charge in [0.2, 0.25) is 5.91 Å². The van der Waals surface area contributed by atoms with Gasteiger partial charge in [0.15, 0.2) is 0 Å². The van der Waals surface area contributed by atoms with E-state index in [1.807, 2.05) is 6.07 Å². The number of hydrazine groups is 1. The maximum absolute atomic E-state index is 12.3. The number of methoxy groups -OCH3 is 2. The molecule has 0 saturated heterocycles. The minimum Gasteiger partial charge on any atom is -0.497 e. The summed E-state index contributed by atoms with van der Waals surface area (Å²) in [4.78, 5) is 24.5. The van der Waals surface area contributed by atoms with Crippen molar-refractivity contribution >= 4 is 34.4 Å². The molecule has 2 N–H and O–H groups in total. The summed E-state index contributed by atoms with van der Waals surface area (Å²) in [7, 11) is 3.01. The first kappa shape index (κ1) is 18.6. The summed E-state index contributed by atoms with van der Waals surface area (Å²) >= 11 is 5.91. The van der Waals surface area contributed by atoms with E-state index in [1.54, 1.807) is 31.4 Å². The Bertz CT molecular complexity index is 999. The first-order valence-corrected chi connectivity index (χ1v) is 8.36. The summed E-state index contributed by atoms with van der Waals surface area (Å²) in [5, 5.41) is 1.18. The molecule has 0 aliphatic rings. The molecule has 2 amide bonds. The van der Waals surface area contributed by atoms with E-state index in [9.17, 15) is 9.59 Å². The van der Waals surface area contributed by atoms with Crippen molar-refractivity contribution in [2.24, 2.45) is 0 Å². The average molecular weight is 389 g/mol. The quantitative estimate of drug-likeness (QED) is 0.655. The number of fused-ring (bicyclic) bond motifs is 1. The van der Waals surface area contributed by atoms with Gasteiger partial charge in [0.1, 0.15) is 17.1 Å². The van der Waals surface area contributed by atoms with Crippen LogP contribution in [0.15, 0.2) is 47.1 Å². The number of nitrogens with one attached hydrogen (secondary N) is 2. The van der Waals surface area contributed by atoms with Crippen molar-refractivity contribution in [1.29, 1.82) is 0 Å². The number of carbonyl (C=O) groups is 2. The van der Waals surface area contributed by atoms with E-state index < -0.39 is 11.8 Å². The van der Waals surface area contributed by atoms with E-state index in [2.05, 4.69) is 10.9 Å². The van der Waals surface area contributed by atoms with Crippen LogP contribution in [0.5, 0.6) is 11.5 Å². The molecule has 1 aromatic heterocycles. The zero-order chi connectivity index (χ0) is 19.4. The Labute approximate surface area is 160 Å². The minimum absolute atomic E-state index is 0.0340. The first-order valence-electron chi connectivity index (χ1n) is 7.98. The van der Waals surface area contributed by atoms with E-state index in [-0.39, 0.29) is 12.0 Å². The van der Waals surface area contributed by atoms with E-state index in [4.69, 9.17) is 25.5 Å². The van der Waals surface area contributed by atoms with Crippen molar-refractivity contribution in [2.75, 3.05) is 14.2 Å². The number of hydrogen-bond acceptors (Lipinski definition) is 5. The summed E-state index contributed by atoms with van der Waals surface area (Å²) in [6, 6.07) is 9.98. The molecule has 2 aromatic carbocycles. The van der Waals surface area contributed by atoms with Gasteiger partial charge in [-0.2, -0.15) is 0 Å². The highest BCUT2D eigenvalue weighted by Crippen LogP contribution is 2.26. The number of carbonyl (C=O) groups excluding carboxylic acids is 2. The number of rotatable bonds is 5. The molecule has 0 atom stereocenters. The summed E-state index contributed by atoms with van der Waals surface area (Å²) in [6.07, 6.45) is 1.54. The fourth-order valence-corrected chi connectivity index (χ4v) is 2.77. The number of furan rings is 1. The van der Waals surface area contributed by atoms with Crippen molar-refractivity contribution in [3.05, 3.63) is 58.8 Å². The van der Waals surface area contributed by atoms with Gasteiger partial charge in [-0.05, 0) is 30.3 Å². The molecule has 140 valence electrons. The van der Waals surface area contributed by atoms with Crippen LogP contribution >= 0.6 is 11.6 Å². The molecule has 7 nitrogen and oxygen atoms in total. The molecule has 0 radical (unpaired) electrons. The highest BCUT2D eigenvalue weighted by molar-refractivity contribution is 6.31. The second-order valence-corrected chi connectivity index (χ2v) is 6.08. The van der Waals surface area contributed by atoms with Gasteiger partial charge in [0, 0.05) is 22.0 Å². The van der Waals surface area contributed by atoms with Gasteiger partial charge in [-0.3, -0.25) is 20.4 Å². The second-order valence-electron chi connectivity index (χ2n) is 5.65. The molecule has 0 spiro atoms. The van der Waals surface area contributed by atoms with Crippen LogP contribution in [0.1, 0.15) is 15.9 Å². The molecule has 0 aliphatic carbocycles. The van der Waals surface area contributed by atoms with E-state index in [0.29, 0.717) is 27.7 Å². The zero-order valence-corrected chi connectivity index (χ0v) is 15.4. The van der Waals surface area contributed by atoms with Gasteiger partial charge in [-0.1, -0.05) is 11.6 Å². The molecule has 8 heteroatoms. The largest absolute Gasteiger partial charge is 0.497 e. The molecule has 27 heavy (non-hydrogen) atoms. The monoisotopic (exact) mass is 388 g/mol. The van der Waals surface area contributed by atoms with Gasteiger partial charge in [0.05, 0.1) is 32.5 Å². The van der Waals surface area contributed by atoms with Crippen LogP contribution in [0.2, 0.25) is 5.02 Å². The van der Waals surface area contributed by atoms with Crippen LogP contribution in [0.3, 0.4) is 0 Å². The molecule has 1 heterocycles. The normalized spacial score (nSPS) is 10.5. The molecule has 0 aliphatic heterocycles. The third-order valence-corrected chi connectivity index (χ3v) is 4.17. The highest BCUT2D eigenvalue weighted by Gasteiger charge is 2.15. The van der Waals surface area contributed by atoms with Crippen molar-refractivity contribution in [1.82, 2.24) is 10.9 Å². The van der Waals surface area contributed by atoms with E-state index >= 15 is 0 Å². The Morgan fingerprint density at radius 2 is 1.89 bits per heavy atom. The van der Waals surface area contributed by atoms with Crippen molar-refractivity contribution < 1.29 is 23.5 Å². The zero-order valence-electron chi connectivity index (χ0n) is 14.7. The van der Waals surface area contributed by atoms with Crippen LogP contribution in [0.4, 0.5) is 0 Å². The van der Waals surface area contributed by atoms with Gasteiger partial charge < -0.3 is 13.9 Å². The number of halogens is 1. The molecule has 0 saturated carbocycles. The maximum Gasteiger partial charge on any atom is 0.273 e. The third kappa shape index (κ3) is 4.15. The summed E-state index contributed by atoms with van der Waals surface area (Å²) in [6.45, 7) is 0. The maximum atomic E-state index is 12.3. The van der Waals surface area contributed by atoms with Gasteiger partial charge in [-0.15, -0.1) is 0 Å². The number of hydrogen-bond donors (Lipinski definition) is 2. The smallest absolute Gasteiger partial charge is 0.273 e. The standard InChI is InChI=1S/C19H17ClN2O5/c1-25-13-4-5-14-11(10-27-17(14)9-13)7-18(23)21-22-19(24)15-8-12(20)3-6-16(15)26-2/h3-6,8-10H,7H2,1-2H3,(H,21,23)(H,22,24). The van der Waals surface area contributed by atoms with E-state index in [0.717, 1.165) is 5.39 Å². The first-order chi connectivity index (χ1) is 13.0. The predicted molar refractivity (Wildman–Crippen MR) is 100 cm³/mol. The Morgan fingerprint density at radius 1 is 1.07 bits per heavy atom. The molecule has 0 fully saturated rings. The minimum atomic E-state index is -0.538. The lowest BCUT2D eigenvalue weighted by Crippen LogP contribution is -2.42. The lowest BCUT2D eigenvalue weighted by Gasteiger charge is -2.10. The number of benzene rings is 2. The molecular formula is C19H17ClN2O5. The topological polar surface area (TPSA) is 89.8 Å². The Balaban J connectivity index is 1.65. The van der Waals surface area contributed by atoms with Crippen molar-refractivity contribution in [3.63, 3.8) is 0 Å². The lowest BCUT2D eigenvalue weighted by atomic mass is 10.1. The van der Waals surface area contributed by atoms with Crippen LogP contribution < -0.4 is 20.3 Å². The summed E-state index contributed by atoms with van der Waals surface area (Å²) in [5.74, 6) is 0.0730. The Morgan fingerprint density at radius 3 is 2.63 bits per heavy atom. The number of ether oxygens (including phenoxy) is 2. The van der Waals surface area contributed by atoms with Crippen LogP contribution in [-0.2, 0) is 11.2 Å². The van der Waals surface area contributed by atoms with Gasteiger partial charge in [-0.25, -0.2) is 0 Å². The Kier molecular flexibility index (Phi) is 5.52. The fraction of sp³-hybridized carbons (Fsp3) is 0.158. The molecule has 3 aromatic rings.